The van der Waals surface area contributed by atoms with Crippen molar-refractivity contribution in [1.82, 2.24) is 5.32 Å². The van der Waals surface area contributed by atoms with Crippen LogP contribution in [0.1, 0.15) is 17.5 Å². The molecule has 24 heavy (non-hydrogen) atoms. The maximum Gasteiger partial charge on any atom is 0.320 e. The van der Waals surface area contributed by atoms with Crippen molar-refractivity contribution >= 4 is 11.9 Å². The standard InChI is InChI=1S/C19H21NO4/c21-18(23-14-16-7-3-1-4-8-16)11-12-20-13-19(22)24-15-17-9-5-2-6-10-17/h1-10,20H,11-15H2. The molecule has 2 rings (SSSR count). The van der Waals surface area contributed by atoms with Crippen molar-refractivity contribution in [2.45, 2.75) is 19.6 Å². The Morgan fingerprint density at radius 1 is 0.750 bits per heavy atom. The Morgan fingerprint density at radius 3 is 1.79 bits per heavy atom. The van der Waals surface area contributed by atoms with Gasteiger partial charge in [-0.2, -0.15) is 0 Å². The molecule has 0 aliphatic heterocycles. The average molecular weight is 327 g/mol. The van der Waals surface area contributed by atoms with Crippen LogP contribution in [0.5, 0.6) is 0 Å². The molecule has 0 aliphatic carbocycles. The first kappa shape index (κ1) is 17.7. The second kappa shape index (κ2) is 10.2. The number of ether oxygens (including phenoxy) is 2. The van der Waals surface area contributed by atoms with E-state index in [1.165, 1.54) is 0 Å². The lowest BCUT2D eigenvalue weighted by Crippen LogP contribution is -2.27. The van der Waals surface area contributed by atoms with Crippen molar-refractivity contribution < 1.29 is 19.1 Å². The van der Waals surface area contributed by atoms with Crippen molar-refractivity contribution in [3.05, 3.63) is 71.8 Å². The minimum absolute atomic E-state index is 0.0683. The minimum Gasteiger partial charge on any atom is -0.461 e. The quantitative estimate of drug-likeness (QED) is 0.566. The zero-order chi connectivity index (χ0) is 17.0. The van der Waals surface area contributed by atoms with Gasteiger partial charge in [0.1, 0.15) is 13.2 Å². The molecule has 0 heterocycles. The highest BCUT2D eigenvalue weighted by Gasteiger charge is 2.06. The fourth-order valence-corrected chi connectivity index (χ4v) is 1.98. The highest BCUT2D eigenvalue weighted by Crippen LogP contribution is 2.02. The fraction of sp³-hybridized carbons (Fsp3) is 0.263. The van der Waals surface area contributed by atoms with Gasteiger partial charge >= 0.3 is 11.9 Å². The molecule has 0 bridgehead atoms. The van der Waals surface area contributed by atoms with Crippen molar-refractivity contribution in [3.63, 3.8) is 0 Å². The van der Waals surface area contributed by atoms with Crippen LogP contribution in [0, 0.1) is 0 Å². The number of benzene rings is 2. The molecule has 0 unspecified atom stereocenters. The van der Waals surface area contributed by atoms with Gasteiger partial charge in [-0.1, -0.05) is 60.7 Å². The second-order valence-electron chi connectivity index (χ2n) is 5.22. The predicted octanol–water partition coefficient (Wildman–Crippen LogP) is 2.45. The summed E-state index contributed by atoms with van der Waals surface area (Å²) in [4.78, 5) is 23.2. The summed E-state index contributed by atoms with van der Waals surface area (Å²) in [7, 11) is 0. The van der Waals surface area contributed by atoms with E-state index in [0.717, 1.165) is 11.1 Å². The van der Waals surface area contributed by atoms with Crippen molar-refractivity contribution in [2.24, 2.45) is 0 Å². The number of nitrogens with one attached hydrogen (secondary N) is 1. The molecule has 1 N–H and O–H groups in total. The zero-order valence-corrected chi connectivity index (χ0v) is 13.4. The first-order chi connectivity index (χ1) is 11.7. The van der Waals surface area contributed by atoms with Crippen LogP contribution in [0.3, 0.4) is 0 Å². The summed E-state index contributed by atoms with van der Waals surface area (Å²) >= 11 is 0. The van der Waals surface area contributed by atoms with Crippen LogP contribution >= 0.6 is 0 Å². The van der Waals surface area contributed by atoms with Gasteiger partial charge in [0.2, 0.25) is 0 Å². The maximum absolute atomic E-state index is 11.6. The third-order valence-corrected chi connectivity index (χ3v) is 3.26. The van der Waals surface area contributed by atoms with Gasteiger partial charge in [-0.05, 0) is 11.1 Å². The number of esters is 2. The van der Waals surface area contributed by atoms with Crippen LogP contribution in [-0.4, -0.2) is 25.0 Å². The van der Waals surface area contributed by atoms with Crippen LogP contribution in [0.15, 0.2) is 60.7 Å². The summed E-state index contributed by atoms with van der Waals surface area (Å²) in [6.07, 6.45) is 0.207. The Bertz CT molecular complexity index is 571. The first-order valence-electron chi connectivity index (χ1n) is 7.84. The molecular weight excluding hydrogens is 306 g/mol. The number of hydrogen-bond donors (Lipinski definition) is 1. The van der Waals surface area contributed by atoms with Gasteiger partial charge in [0.25, 0.3) is 0 Å². The largest absolute Gasteiger partial charge is 0.461 e. The van der Waals surface area contributed by atoms with Crippen LogP contribution in [0.2, 0.25) is 0 Å². The molecule has 2 aromatic carbocycles. The highest BCUT2D eigenvalue weighted by molar-refractivity contribution is 5.72. The van der Waals surface area contributed by atoms with Gasteiger partial charge in [-0.25, -0.2) is 0 Å². The molecular formula is C19H21NO4. The molecule has 0 amide bonds. The van der Waals surface area contributed by atoms with E-state index in [-0.39, 0.29) is 38.1 Å². The van der Waals surface area contributed by atoms with Gasteiger partial charge in [-0.3, -0.25) is 9.59 Å². The number of carbonyl (C=O) groups excluding carboxylic acids is 2. The molecule has 0 spiro atoms. The third kappa shape index (κ3) is 7.07. The first-order valence-corrected chi connectivity index (χ1v) is 7.84. The number of carbonyl (C=O) groups is 2. The highest BCUT2D eigenvalue weighted by atomic mass is 16.5. The molecule has 0 aromatic heterocycles. The van der Waals surface area contributed by atoms with Crippen molar-refractivity contribution in [1.29, 1.82) is 0 Å². The molecule has 0 saturated carbocycles. The molecule has 0 fully saturated rings. The monoisotopic (exact) mass is 327 g/mol. The molecule has 0 radical (unpaired) electrons. The molecule has 5 nitrogen and oxygen atoms in total. The van der Waals surface area contributed by atoms with E-state index in [0.29, 0.717) is 6.54 Å². The number of hydrogen-bond acceptors (Lipinski definition) is 5. The summed E-state index contributed by atoms with van der Waals surface area (Å²) in [5, 5.41) is 2.88. The Balaban J connectivity index is 1.52. The maximum atomic E-state index is 11.6. The van der Waals surface area contributed by atoms with Crippen molar-refractivity contribution in [3.8, 4) is 0 Å². The van der Waals surface area contributed by atoms with Crippen LogP contribution in [0.4, 0.5) is 0 Å². The van der Waals surface area contributed by atoms with E-state index in [1.54, 1.807) is 0 Å². The lowest BCUT2D eigenvalue weighted by molar-refractivity contribution is -0.146. The van der Waals surface area contributed by atoms with E-state index < -0.39 is 0 Å². The van der Waals surface area contributed by atoms with E-state index in [2.05, 4.69) is 5.32 Å². The minimum atomic E-state index is -0.350. The topological polar surface area (TPSA) is 64.6 Å². The lowest BCUT2D eigenvalue weighted by Gasteiger charge is -2.07. The summed E-state index contributed by atoms with van der Waals surface area (Å²) in [6.45, 7) is 0.951. The van der Waals surface area contributed by atoms with Crippen LogP contribution in [-0.2, 0) is 32.3 Å². The third-order valence-electron chi connectivity index (χ3n) is 3.26. The Hall–Kier alpha value is -2.66. The van der Waals surface area contributed by atoms with E-state index in [1.807, 2.05) is 60.7 Å². The van der Waals surface area contributed by atoms with Gasteiger partial charge in [0, 0.05) is 6.54 Å². The molecule has 0 saturated heterocycles. The fourth-order valence-electron chi connectivity index (χ4n) is 1.98. The predicted molar refractivity (Wildman–Crippen MR) is 90.0 cm³/mol. The van der Waals surface area contributed by atoms with Gasteiger partial charge in [0.15, 0.2) is 0 Å². The van der Waals surface area contributed by atoms with Gasteiger partial charge in [0.05, 0.1) is 13.0 Å². The van der Waals surface area contributed by atoms with E-state index in [4.69, 9.17) is 9.47 Å². The Labute approximate surface area is 141 Å². The molecule has 2 aromatic rings. The summed E-state index contributed by atoms with van der Waals surface area (Å²) in [6, 6.07) is 19.0. The summed E-state index contributed by atoms with van der Waals surface area (Å²) in [5.41, 5.74) is 1.89. The molecule has 5 heteroatoms. The van der Waals surface area contributed by atoms with Gasteiger partial charge < -0.3 is 14.8 Å². The summed E-state index contributed by atoms with van der Waals surface area (Å²) < 4.78 is 10.3. The molecule has 0 aliphatic rings. The van der Waals surface area contributed by atoms with Crippen LogP contribution in [0.25, 0.3) is 0 Å². The summed E-state index contributed by atoms with van der Waals surface area (Å²) in [5.74, 6) is -0.652. The second-order valence-corrected chi connectivity index (χ2v) is 5.22. The Morgan fingerprint density at radius 2 is 1.25 bits per heavy atom. The van der Waals surface area contributed by atoms with Crippen molar-refractivity contribution in [2.75, 3.05) is 13.1 Å². The number of rotatable bonds is 9. The zero-order valence-electron chi connectivity index (χ0n) is 13.4. The Kier molecular flexibility index (Phi) is 7.50. The smallest absolute Gasteiger partial charge is 0.320 e. The molecule has 0 atom stereocenters. The SMILES string of the molecule is O=C(CCNCC(=O)OCc1ccccc1)OCc1ccccc1. The van der Waals surface area contributed by atoms with Crippen LogP contribution < -0.4 is 5.32 Å². The average Bonchev–Trinajstić information content (AvgIpc) is 2.63. The van der Waals surface area contributed by atoms with E-state index >= 15 is 0 Å². The van der Waals surface area contributed by atoms with Gasteiger partial charge in [-0.15, -0.1) is 0 Å². The molecule has 126 valence electrons. The lowest BCUT2D eigenvalue weighted by atomic mass is 10.2. The van der Waals surface area contributed by atoms with E-state index in [9.17, 15) is 9.59 Å². The normalized spacial score (nSPS) is 10.2.